The van der Waals surface area contributed by atoms with Gasteiger partial charge in [-0.15, -0.1) is 0 Å². The molecule has 0 spiro atoms. The Kier molecular flexibility index (Phi) is 4.59. The number of rotatable bonds is 5. The molecule has 0 unspecified atom stereocenters. The standard InChI is InChI=1S/C12H25N3O/c1-4-8-15(12(2,3)9-13)11(16)14-10-6-5-7-10/h10H,4-9,13H2,1-3H3,(H,14,16). The molecule has 94 valence electrons. The van der Waals surface area contributed by atoms with E-state index in [9.17, 15) is 4.79 Å². The molecule has 0 aromatic rings. The molecule has 3 N–H and O–H groups in total. The molecule has 0 saturated heterocycles. The predicted octanol–water partition coefficient (Wildman–Crippen LogP) is 1.70. The van der Waals surface area contributed by atoms with E-state index in [1.165, 1.54) is 6.42 Å². The highest BCUT2D eigenvalue weighted by molar-refractivity contribution is 5.75. The summed E-state index contributed by atoms with van der Waals surface area (Å²) < 4.78 is 0. The average Bonchev–Trinajstić information content (AvgIpc) is 2.19. The summed E-state index contributed by atoms with van der Waals surface area (Å²) in [6.45, 7) is 7.37. The van der Waals surface area contributed by atoms with Crippen molar-refractivity contribution in [1.82, 2.24) is 10.2 Å². The number of nitrogens with one attached hydrogen (secondary N) is 1. The number of nitrogens with two attached hydrogens (primary N) is 1. The van der Waals surface area contributed by atoms with E-state index in [-0.39, 0.29) is 11.6 Å². The van der Waals surface area contributed by atoms with Gasteiger partial charge in [-0.05, 0) is 39.5 Å². The molecule has 1 rings (SSSR count). The summed E-state index contributed by atoms with van der Waals surface area (Å²) in [6, 6.07) is 0.433. The van der Waals surface area contributed by atoms with Gasteiger partial charge < -0.3 is 16.0 Å². The van der Waals surface area contributed by atoms with Crippen LogP contribution in [0.25, 0.3) is 0 Å². The fourth-order valence-corrected chi connectivity index (χ4v) is 1.82. The minimum absolute atomic E-state index is 0.0435. The van der Waals surface area contributed by atoms with Gasteiger partial charge in [0.2, 0.25) is 0 Å². The maximum absolute atomic E-state index is 12.1. The molecule has 1 aliphatic rings. The van der Waals surface area contributed by atoms with Crippen molar-refractivity contribution in [1.29, 1.82) is 0 Å². The minimum Gasteiger partial charge on any atom is -0.335 e. The molecule has 2 amide bonds. The number of nitrogens with zero attached hydrogens (tertiary/aromatic N) is 1. The Hall–Kier alpha value is -0.770. The predicted molar refractivity (Wildman–Crippen MR) is 66.3 cm³/mol. The minimum atomic E-state index is -0.260. The summed E-state index contributed by atoms with van der Waals surface area (Å²) >= 11 is 0. The zero-order chi connectivity index (χ0) is 12.2. The van der Waals surface area contributed by atoms with E-state index >= 15 is 0 Å². The van der Waals surface area contributed by atoms with Crippen LogP contribution < -0.4 is 11.1 Å². The van der Waals surface area contributed by atoms with Crippen LogP contribution in [0.4, 0.5) is 4.79 Å². The third-order valence-electron chi connectivity index (χ3n) is 3.36. The maximum Gasteiger partial charge on any atom is 0.318 e. The van der Waals surface area contributed by atoms with Crippen molar-refractivity contribution in [2.45, 2.75) is 58.0 Å². The van der Waals surface area contributed by atoms with E-state index in [0.717, 1.165) is 25.8 Å². The summed E-state index contributed by atoms with van der Waals surface area (Å²) in [6.07, 6.45) is 4.43. The van der Waals surface area contributed by atoms with Gasteiger partial charge in [-0.3, -0.25) is 0 Å². The van der Waals surface area contributed by atoms with E-state index < -0.39 is 0 Å². The van der Waals surface area contributed by atoms with E-state index in [2.05, 4.69) is 12.2 Å². The lowest BCUT2D eigenvalue weighted by Crippen LogP contribution is -2.57. The van der Waals surface area contributed by atoms with Crippen LogP contribution in [0, 0.1) is 0 Å². The summed E-state index contributed by atoms with van der Waals surface area (Å²) in [4.78, 5) is 14.0. The zero-order valence-corrected chi connectivity index (χ0v) is 10.8. The molecule has 0 aromatic heterocycles. The van der Waals surface area contributed by atoms with Gasteiger partial charge in [0.25, 0.3) is 0 Å². The number of hydrogen-bond donors (Lipinski definition) is 2. The fourth-order valence-electron chi connectivity index (χ4n) is 1.82. The smallest absolute Gasteiger partial charge is 0.318 e. The van der Waals surface area contributed by atoms with E-state index in [4.69, 9.17) is 5.73 Å². The Labute approximate surface area is 98.6 Å². The average molecular weight is 227 g/mol. The molecule has 0 atom stereocenters. The van der Waals surface area contributed by atoms with Crippen molar-refractivity contribution in [3.63, 3.8) is 0 Å². The molecule has 4 heteroatoms. The molecular weight excluding hydrogens is 202 g/mol. The van der Waals surface area contributed by atoms with E-state index in [0.29, 0.717) is 12.6 Å². The highest BCUT2D eigenvalue weighted by Crippen LogP contribution is 2.20. The van der Waals surface area contributed by atoms with Gasteiger partial charge >= 0.3 is 6.03 Å². The third-order valence-corrected chi connectivity index (χ3v) is 3.36. The van der Waals surface area contributed by atoms with Gasteiger partial charge in [-0.1, -0.05) is 6.92 Å². The Bertz CT molecular complexity index is 236. The van der Waals surface area contributed by atoms with Crippen molar-refractivity contribution in [2.75, 3.05) is 13.1 Å². The van der Waals surface area contributed by atoms with Crippen LogP contribution in [0.3, 0.4) is 0 Å². The normalized spacial score (nSPS) is 16.8. The third kappa shape index (κ3) is 3.11. The number of carbonyl (C=O) groups is 1. The van der Waals surface area contributed by atoms with Crippen molar-refractivity contribution >= 4 is 6.03 Å². The van der Waals surface area contributed by atoms with Gasteiger partial charge in [0.15, 0.2) is 0 Å². The molecule has 1 fully saturated rings. The zero-order valence-electron chi connectivity index (χ0n) is 10.8. The van der Waals surface area contributed by atoms with Crippen LogP contribution in [-0.2, 0) is 0 Å². The Morgan fingerprint density at radius 3 is 2.50 bits per heavy atom. The van der Waals surface area contributed by atoms with Gasteiger partial charge in [-0.2, -0.15) is 0 Å². The molecule has 1 saturated carbocycles. The van der Waals surface area contributed by atoms with Crippen LogP contribution in [-0.4, -0.2) is 35.6 Å². The molecule has 0 bridgehead atoms. The van der Waals surface area contributed by atoms with Gasteiger partial charge in [-0.25, -0.2) is 4.79 Å². The second kappa shape index (κ2) is 5.53. The Morgan fingerprint density at radius 1 is 1.50 bits per heavy atom. The SMILES string of the molecule is CCCN(C(=O)NC1CCC1)C(C)(C)CN. The Morgan fingerprint density at radius 2 is 2.12 bits per heavy atom. The van der Waals surface area contributed by atoms with Crippen molar-refractivity contribution < 1.29 is 4.79 Å². The van der Waals surface area contributed by atoms with Gasteiger partial charge in [0.1, 0.15) is 0 Å². The molecule has 4 nitrogen and oxygen atoms in total. The molecule has 16 heavy (non-hydrogen) atoms. The van der Waals surface area contributed by atoms with Crippen molar-refractivity contribution in [3.05, 3.63) is 0 Å². The summed E-state index contributed by atoms with van der Waals surface area (Å²) in [5, 5.41) is 3.07. The highest BCUT2D eigenvalue weighted by Gasteiger charge is 2.31. The fraction of sp³-hybridized carbons (Fsp3) is 0.917. The molecule has 0 radical (unpaired) electrons. The van der Waals surface area contributed by atoms with Crippen molar-refractivity contribution in [2.24, 2.45) is 5.73 Å². The summed E-state index contributed by atoms with van der Waals surface area (Å²) in [5.74, 6) is 0. The summed E-state index contributed by atoms with van der Waals surface area (Å²) in [7, 11) is 0. The lowest BCUT2D eigenvalue weighted by Gasteiger charge is -2.39. The number of amides is 2. The lowest BCUT2D eigenvalue weighted by molar-refractivity contribution is 0.131. The van der Waals surface area contributed by atoms with Gasteiger partial charge in [0, 0.05) is 19.1 Å². The van der Waals surface area contributed by atoms with Crippen molar-refractivity contribution in [3.8, 4) is 0 Å². The molecule has 0 aromatic carbocycles. The first-order valence-electron chi connectivity index (χ1n) is 6.29. The van der Waals surface area contributed by atoms with E-state index in [1.807, 2.05) is 18.7 Å². The van der Waals surface area contributed by atoms with Gasteiger partial charge in [0.05, 0.1) is 5.54 Å². The molecular formula is C12H25N3O. The lowest BCUT2D eigenvalue weighted by atomic mass is 9.93. The van der Waals surface area contributed by atoms with Crippen LogP contribution in [0.1, 0.15) is 46.5 Å². The monoisotopic (exact) mass is 227 g/mol. The second-order valence-electron chi connectivity index (χ2n) is 5.25. The number of hydrogen-bond acceptors (Lipinski definition) is 2. The maximum atomic E-state index is 12.1. The van der Waals surface area contributed by atoms with E-state index in [1.54, 1.807) is 0 Å². The highest BCUT2D eigenvalue weighted by atomic mass is 16.2. The second-order valence-corrected chi connectivity index (χ2v) is 5.25. The van der Waals surface area contributed by atoms with Crippen LogP contribution >= 0.6 is 0 Å². The van der Waals surface area contributed by atoms with Crippen LogP contribution in [0.2, 0.25) is 0 Å². The van der Waals surface area contributed by atoms with Crippen LogP contribution in [0.5, 0.6) is 0 Å². The molecule has 1 aliphatic carbocycles. The number of urea groups is 1. The summed E-state index contributed by atoms with van der Waals surface area (Å²) in [5.41, 5.74) is 5.47. The first-order chi connectivity index (χ1) is 7.51. The molecule has 0 aliphatic heterocycles. The number of carbonyl (C=O) groups excluding carboxylic acids is 1. The Balaban J connectivity index is 2.56. The quantitative estimate of drug-likeness (QED) is 0.751. The van der Waals surface area contributed by atoms with Crippen LogP contribution in [0.15, 0.2) is 0 Å². The molecule has 0 heterocycles. The first kappa shape index (κ1) is 13.3. The first-order valence-corrected chi connectivity index (χ1v) is 6.29. The topological polar surface area (TPSA) is 58.4 Å². The largest absolute Gasteiger partial charge is 0.335 e.